The van der Waals surface area contributed by atoms with E-state index in [1.165, 1.54) is 63.4 Å². The van der Waals surface area contributed by atoms with Gasteiger partial charge in [-0.3, -0.25) is 0 Å². The fraction of sp³-hybridized carbons (Fsp3) is 0.692. The van der Waals surface area contributed by atoms with E-state index in [1.807, 2.05) is 0 Å². The van der Waals surface area contributed by atoms with E-state index >= 15 is 0 Å². The highest BCUT2D eigenvalue weighted by molar-refractivity contribution is 5.38. The van der Waals surface area contributed by atoms with Gasteiger partial charge in [-0.15, -0.1) is 0 Å². The molecule has 0 bridgehead atoms. The zero-order chi connectivity index (χ0) is 20.8. The first-order chi connectivity index (χ1) is 14.0. The van der Waals surface area contributed by atoms with Gasteiger partial charge in [-0.2, -0.15) is 4.39 Å². The fourth-order valence-corrected chi connectivity index (χ4v) is 5.34. The predicted molar refractivity (Wildman–Crippen MR) is 116 cm³/mol. The van der Waals surface area contributed by atoms with E-state index in [-0.39, 0.29) is 5.75 Å². The molecule has 3 heteroatoms. The van der Waals surface area contributed by atoms with E-state index in [4.69, 9.17) is 4.74 Å². The van der Waals surface area contributed by atoms with Crippen molar-refractivity contribution in [2.24, 2.45) is 17.8 Å². The summed E-state index contributed by atoms with van der Waals surface area (Å²) in [6, 6.07) is 1.65. The smallest absolute Gasteiger partial charge is 0.201 e. The minimum atomic E-state index is -0.854. The van der Waals surface area contributed by atoms with Crippen molar-refractivity contribution in [1.29, 1.82) is 0 Å². The van der Waals surface area contributed by atoms with Crippen molar-refractivity contribution < 1.29 is 13.5 Å². The van der Waals surface area contributed by atoms with Gasteiger partial charge < -0.3 is 4.74 Å². The minimum absolute atomic E-state index is 0.0671. The molecule has 1 unspecified atom stereocenters. The molecule has 0 heterocycles. The van der Waals surface area contributed by atoms with Crippen molar-refractivity contribution in [2.75, 3.05) is 6.61 Å². The molecule has 0 aliphatic heterocycles. The third-order valence-electron chi connectivity index (χ3n) is 7.25. The van der Waals surface area contributed by atoms with E-state index < -0.39 is 11.6 Å². The monoisotopic (exact) mass is 404 g/mol. The Balaban J connectivity index is 1.45. The Morgan fingerprint density at radius 3 is 2.34 bits per heavy atom. The average Bonchev–Trinajstić information content (AvgIpc) is 2.73. The zero-order valence-corrected chi connectivity index (χ0v) is 18.5. The first kappa shape index (κ1) is 22.3. The van der Waals surface area contributed by atoms with Crippen molar-refractivity contribution in [2.45, 2.75) is 91.4 Å². The SMILES string of the molecule is CCCCCC1CCC(C2CC=C(COc3c(C)cc(C)c(F)c3F)CC2)CC1. The number of rotatable bonds is 8. The zero-order valence-electron chi connectivity index (χ0n) is 18.5. The molecule has 1 atom stereocenters. The molecular formula is C26H38F2O. The summed E-state index contributed by atoms with van der Waals surface area (Å²) in [4.78, 5) is 0. The Hall–Kier alpha value is -1.38. The summed E-state index contributed by atoms with van der Waals surface area (Å²) in [5.41, 5.74) is 2.22. The van der Waals surface area contributed by atoms with Gasteiger partial charge in [0.2, 0.25) is 5.82 Å². The second-order valence-corrected chi connectivity index (χ2v) is 9.43. The molecule has 0 radical (unpaired) electrons. The molecule has 0 aromatic heterocycles. The quantitative estimate of drug-likeness (QED) is 0.314. The van der Waals surface area contributed by atoms with Crippen molar-refractivity contribution in [3.05, 3.63) is 40.5 Å². The third-order valence-corrected chi connectivity index (χ3v) is 7.25. The summed E-state index contributed by atoms with van der Waals surface area (Å²) in [6.07, 6.45) is 16.8. The maximum absolute atomic E-state index is 14.2. The van der Waals surface area contributed by atoms with Crippen LogP contribution in [0.25, 0.3) is 0 Å². The largest absolute Gasteiger partial charge is 0.486 e. The molecule has 1 fully saturated rings. The van der Waals surface area contributed by atoms with Crippen LogP contribution in [-0.4, -0.2) is 6.61 Å². The summed E-state index contributed by atoms with van der Waals surface area (Å²) in [5.74, 6) is 1.06. The van der Waals surface area contributed by atoms with Crippen LogP contribution < -0.4 is 4.74 Å². The van der Waals surface area contributed by atoms with E-state index in [9.17, 15) is 8.78 Å². The normalized spacial score (nSPS) is 25.0. The lowest BCUT2D eigenvalue weighted by Gasteiger charge is -2.35. The molecule has 3 rings (SSSR count). The number of ether oxygens (including phenoxy) is 1. The van der Waals surface area contributed by atoms with Gasteiger partial charge in [-0.1, -0.05) is 51.5 Å². The Kier molecular flexibility index (Phi) is 8.15. The van der Waals surface area contributed by atoms with Gasteiger partial charge in [-0.05, 0) is 86.5 Å². The fourth-order valence-electron chi connectivity index (χ4n) is 5.34. The molecule has 2 aliphatic carbocycles. The maximum atomic E-state index is 14.2. The average molecular weight is 405 g/mol. The lowest BCUT2D eigenvalue weighted by Crippen LogP contribution is -2.24. The molecule has 1 saturated carbocycles. The highest BCUT2D eigenvalue weighted by atomic mass is 19.2. The first-order valence-corrected chi connectivity index (χ1v) is 11.8. The van der Waals surface area contributed by atoms with Gasteiger partial charge in [0.05, 0.1) is 0 Å². The molecule has 1 aromatic carbocycles. The number of unbranched alkanes of at least 4 members (excludes halogenated alkanes) is 2. The topological polar surface area (TPSA) is 9.23 Å². The van der Waals surface area contributed by atoms with Crippen LogP contribution >= 0.6 is 0 Å². The lowest BCUT2D eigenvalue weighted by molar-refractivity contribution is 0.183. The van der Waals surface area contributed by atoms with Gasteiger partial charge in [-0.25, -0.2) is 4.39 Å². The molecule has 162 valence electrons. The molecule has 0 amide bonds. The van der Waals surface area contributed by atoms with Crippen molar-refractivity contribution in [3.8, 4) is 5.75 Å². The second kappa shape index (κ2) is 10.6. The van der Waals surface area contributed by atoms with Gasteiger partial charge >= 0.3 is 0 Å². The van der Waals surface area contributed by atoms with E-state index in [0.717, 1.165) is 30.6 Å². The number of benzene rings is 1. The predicted octanol–water partition coefficient (Wildman–Crippen LogP) is 8.07. The van der Waals surface area contributed by atoms with Crippen LogP contribution in [0.1, 0.15) is 88.7 Å². The molecule has 1 nitrogen and oxygen atoms in total. The Labute approximate surface area is 175 Å². The summed E-state index contributed by atoms with van der Waals surface area (Å²) in [6.45, 7) is 6.01. The molecule has 0 N–H and O–H groups in total. The molecule has 0 spiro atoms. The van der Waals surface area contributed by atoms with E-state index in [2.05, 4.69) is 13.0 Å². The van der Waals surface area contributed by atoms with Crippen molar-refractivity contribution >= 4 is 0 Å². The van der Waals surface area contributed by atoms with Crippen LogP contribution in [0.3, 0.4) is 0 Å². The number of halogens is 2. The standard InChI is InChI=1S/C26H38F2O/c1-4-5-6-7-20-8-12-22(13-9-20)23-14-10-21(11-15-23)17-29-26-19(3)16-18(2)24(27)25(26)28/h10,16,20,22-23H,4-9,11-15,17H2,1-3H3. The van der Waals surface area contributed by atoms with Crippen LogP contribution in [0.4, 0.5) is 8.78 Å². The molecule has 0 saturated heterocycles. The summed E-state index contributed by atoms with van der Waals surface area (Å²) < 4.78 is 33.7. The summed E-state index contributed by atoms with van der Waals surface area (Å²) in [5, 5.41) is 0. The van der Waals surface area contributed by atoms with Crippen LogP contribution in [0.15, 0.2) is 17.7 Å². The first-order valence-electron chi connectivity index (χ1n) is 11.8. The van der Waals surface area contributed by atoms with Crippen LogP contribution in [0.5, 0.6) is 5.75 Å². The van der Waals surface area contributed by atoms with Gasteiger partial charge in [0.25, 0.3) is 0 Å². The van der Waals surface area contributed by atoms with Crippen molar-refractivity contribution in [1.82, 2.24) is 0 Å². The summed E-state index contributed by atoms with van der Waals surface area (Å²) >= 11 is 0. The number of allylic oxidation sites excluding steroid dienone is 1. The van der Waals surface area contributed by atoms with Gasteiger partial charge in [0.1, 0.15) is 6.61 Å². The number of aryl methyl sites for hydroxylation is 2. The third kappa shape index (κ3) is 5.83. The molecule has 1 aromatic rings. The Morgan fingerprint density at radius 1 is 0.931 bits per heavy atom. The minimum Gasteiger partial charge on any atom is -0.486 e. The summed E-state index contributed by atoms with van der Waals surface area (Å²) in [7, 11) is 0. The highest BCUT2D eigenvalue weighted by Gasteiger charge is 2.28. The van der Waals surface area contributed by atoms with E-state index in [1.54, 1.807) is 19.9 Å². The molecular weight excluding hydrogens is 366 g/mol. The Morgan fingerprint density at radius 2 is 1.69 bits per heavy atom. The van der Waals surface area contributed by atoms with Crippen LogP contribution in [-0.2, 0) is 0 Å². The number of hydrogen-bond donors (Lipinski definition) is 0. The maximum Gasteiger partial charge on any atom is 0.201 e. The van der Waals surface area contributed by atoms with Gasteiger partial charge in [0, 0.05) is 0 Å². The number of hydrogen-bond acceptors (Lipinski definition) is 1. The van der Waals surface area contributed by atoms with Gasteiger partial charge in [0.15, 0.2) is 11.6 Å². The molecule has 29 heavy (non-hydrogen) atoms. The molecule has 2 aliphatic rings. The highest BCUT2D eigenvalue weighted by Crippen LogP contribution is 2.41. The van der Waals surface area contributed by atoms with E-state index in [0.29, 0.717) is 17.7 Å². The van der Waals surface area contributed by atoms with Crippen molar-refractivity contribution in [3.63, 3.8) is 0 Å². The van der Waals surface area contributed by atoms with Crippen LogP contribution in [0, 0.1) is 43.2 Å². The van der Waals surface area contributed by atoms with Crippen LogP contribution in [0.2, 0.25) is 0 Å². The lowest BCUT2D eigenvalue weighted by atomic mass is 9.70. The second-order valence-electron chi connectivity index (χ2n) is 9.43. The Bertz CT molecular complexity index is 701.